The summed E-state index contributed by atoms with van der Waals surface area (Å²) in [6, 6.07) is 41.6. The van der Waals surface area contributed by atoms with E-state index in [9.17, 15) is 27.6 Å². The molecule has 0 unspecified atom stereocenters. The summed E-state index contributed by atoms with van der Waals surface area (Å²) < 4.78 is 41.4. The third-order valence-electron chi connectivity index (χ3n) is 13.2. The van der Waals surface area contributed by atoms with E-state index in [2.05, 4.69) is 60.7 Å². The molecule has 0 saturated carbocycles. The molecule has 13 heteroatoms. The van der Waals surface area contributed by atoms with Crippen molar-refractivity contribution in [3.63, 3.8) is 0 Å². The second-order valence-electron chi connectivity index (χ2n) is 18.5. The number of anilines is 6. The summed E-state index contributed by atoms with van der Waals surface area (Å²) in [6.07, 6.45) is 5.44. The van der Waals surface area contributed by atoms with Crippen LogP contribution in [0.3, 0.4) is 0 Å². The molecule has 3 N–H and O–H groups in total. The number of para-hydroxylation sites is 2. The van der Waals surface area contributed by atoms with Gasteiger partial charge in [0.1, 0.15) is 5.82 Å². The average Bonchev–Trinajstić information content (AvgIpc) is 3.37. The summed E-state index contributed by atoms with van der Waals surface area (Å²) in [5.74, 6) is -2.40. The number of hydrogen-bond acceptors (Lipinski definition) is 9. The Morgan fingerprint density at radius 1 is 0.443 bits per heavy atom. The average molecular weight is 1020 g/mol. The first-order valence-electron chi connectivity index (χ1n) is 24.0. The minimum atomic E-state index is -1.26. The Labute approximate surface area is 418 Å². The molecule has 6 aromatic carbocycles. The van der Waals surface area contributed by atoms with Crippen LogP contribution in [0, 0.1) is 35.2 Å². The second kappa shape index (κ2) is 25.1. The lowest BCUT2D eigenvalue weighted by Gasteiger charge is -2.28. The van der Waals surface area contributed by atoms with Gasteiger partial charge < -0.3 is 30.7 Å². The summed E-state index contributed by atoms with van der Waals surface area (Å²) in [7, 11) is 6.26. The molecule has 0 bridgehead atoms. The maximum atomic E-state index is 13.8. The standard InChI is InChI=1S/C19H21BrN2O.C19H19F3N2O.C19H22N2O/c1-22-11-9-14(10-12-22)19(23)15-5-4-6-16(13-15)21-18-8-3-2-7-17(18)20;1-24-7-5-12(6-8-24)19(25)13-3-2-4-15(9-13)23-17-11-14(20)10-16(21)18(17)22;1-21-12-10-15(11-13-21)19(22)16-6-5-9-18(14-16)20-17-7-3-2-4-8-17/h2-8,13-14,21H,9-12H2,1H3;2-4,9-12,23H,5-8H2,1H3;2-9,14-15,20H,10-13H2,1H3. The fraction of sp³-hybridized carbons (Fsp3) is 0.316. The van der Waals surface area contributed by atoms with Gasteiger partial charge in [-0.05, 0) is 176 Å². The lowest BCUT2D eigenvalue weighted by atomic mass is 9.89. The molecule has 6 aromatic rings. The highest BCUT2D eigenvalue weighted by molar-refractivity contribution is 9.10. The predicted molar refractivity (Wildman–Crippen MR) is 280 cm³/mol. The lowest BCUT2D eigenvalue weighted by Crippen LogP contribution is -2.33. The molecule has 70 heavy (non-hydrogen) atoms. The van der Waals surface area contributed by atoms with Crippen LogP contribution in [0.25, 0.3) is 0 Å². The normalized spacial score (nSPS) is 16.2. The highest BCUT2D eigenvalue weighted by Crippen LogP contribution is 2.30. The van der Waals surface area contributed by atoms with E-state index in [-0.39, 0.29) is 40.8 Å². The highest BCUT2D eigenvalue weighted by atomic mass is 79.9. The van der Waals surface area contributed by atoms with Gasteiger partial charge in [-0.3, -0.25) is 14.4 Å². The number of carbonyl (C=O) groups is 3. The third-order valence-corrected chi connectivity index (χ3v) is 13.9. The van der Waals surface area contributed by atoms with Gasteiger partial charge in [-0.2, -0.15) is 0 Å². The molecule has 0 atom stereocenters. The van der Waals surface area contributed by atoms with Crippen molar-refractivity contribution in [1.82, 2.24) is 14.7 Å². The van der Waals surface area contributed by atoms with Gasteiger partial charge in [0.25, 0.3) is 0 Å². The number of benzene rings is 6. The number of halogens is 4. The molecule has 3 fully saturated rings. The molecular weight excluding hydrogens is 954 g/mol. The lowest BCUT2D eigenvalue weighted by molar-refractivity contribution is 0.0850. The second-order valence-corrected chi connectivity index (χ2v) is 19.4. The largest absolute Gasteiger partial charge is 0.356 e. The molecule has 0 radical (unpaired) electrons. The molecule has 9 rings (SSSR count). The molecule has 0 amide bonds. The van der Waals surface area contributed by atoms with Crippen molar-refractivity contribution >= 4 is 67.4 Å². The zero-order valence-corrected chi connectivity index (χ0v) is 41.7. The molecule has 0 aromatic heterocycles. The van der Waals surface area contributed by atoms with Gasteiger partial charge in [0.05, 0.1) is 11.4 Å². The van der Waals surface area contributed by atoms with Gasteiger partial charge in [0.15, 0.2) is 29.0 Å². The highest BCUT2D eigenvalue weighted by Gasteiger charge is 2.27. The summed E-state index contributed by atoms with van der Waals surface area (Å²) in [4.78, 5) is 44.8. The van der Waals surface area contributed by atoms with Gasteiger partial charge in [0.2, 0.25) is 0 Å². The molecule has 3 aliphatic rings. The van der Waals surface area contributed by atoms with Crippen LogP contribution in [0.2, 0.25) is 0 Å². The number of Topliss-reactive ketones (excluding diaryl/α,β-unsaturated/α-hetero) is 3. The Balaban J connectivity index is 0.000000155. The fourth-order valence-electron chi connectivity index (χ4n) is 8.98. The minimum absolute atomic E-state index is 0.0326. The molecule has 9 nitrogen and oxygen atoms in total. The van der Waals surface area contributed by atoms with Crippen molar-refractivity contribution in [3.05, 3.63) is 178 Å². The van der Waals surface area contributed by atoms with Gasteiger partial charge in [-0.15, -0.1) is 0 Å². The number of ketones is 3. The first kappa shape index (κ1) is 51.7. The van der Waals surface area contributed by atoms with E-state index in [1.54, 1.807) is 24.3 Å². The van der Waals surface area contributed by atoms with E-state index in [0.29, 0.717) is 17.3 Å². The first-order valence-corrected chi connectivity index (χ1v) is 24.8. The molecule has 0 aliphatic carbocycles. The zero-order valence-electron chi connectivity index (χ0n) is 40.1. The van der Waals surface area contributed by atoms with E-state index in [0.717, 1.165) is 122 Å². The Hall–Kier alpha value is -6.12. The van der Waals surface area contributed by atoms with Crippen LogP contribution >= 0.6 is 15.9 Å². The number of carbonyl (C=O) groups excluding carboxylic acids is 3. The summed E-state index contributed by atoms with van der Waals surface area (Å²) in [5, 5.41) is 9.36. The van der Waals surface area contributed by atoms with Crippen molar-refractivity contribution in [2.75, 3.05) is 76.4 Å². The molecule has 3 aliphatic heterocycles. The molecule has 3 heterocycles. The predicted octanol–water partition coefficient (Wildman–Crippen LogP) is 13.0. The van der Waals surface area contributed by atoms with E-state index in [1.165, 1.54) is 0 Å². The summed E-state index contributed by atoms with van der Waals surface area (Å²) in [6.45, 7) is 5.79. The molecular formula is C57H62BrF3N6O3. The van der Waals surface area contributed by atoms with Crippen LogP contribution in [0.4, 0.5) is 47.3 Å². The summed E-state index contributed by atoms with van der Waals surface area (Å²) in [5.41, 5.74) is 6.16. The SMILES string of the molecule is CN1CCC(C(=O)c2cccc(Nc3cc(F)cc(F)c3F)c2)CC1.CN1CCC(C(=O)c2cccc(Nc3ccccc3)c2)CC1.CN1CCC(C(=O)c2cccc(Nc3ccccc3Br)c2)CC1. The summed E-state index contributed by atoms with van der Waals surface area (Å²) >= 11 is 3.54. The monoisotopic (exact) mass is 1010 g/mol. The van der Waals surface area contributed by atoms with Gasteiger partial charge in [-0.1, -0.05) is 66.7 Å². The van der Waals surface area contributed by atoms with Crippen LogP contribution in [-0.4, -0.2) is 92.5 Å². The van der Waals surface area contributed by atoms with Gasteiger partial charge in [0, 0.05) is 73.8 Å². The van der Waals surface area contributed by atoms with Crippen LogP contribution < -0.4 is 16.0 Å². The first-order chi connectivity index (χ1) is 33.8. The molecule has 0 spiro atoms. The minimum Gasteiger partial charge on any atom is -0.356 e. The van der Waals surface area contributed by atoms with E-state index in [1.807, 2.05) is 110 Å². The van der Waals surface area contributed by atoms with Gasteiger partial charge in [-0.25, -0.2) is 13.2 Å². The van der Waals surface area contributed by atoms with Crippen molar-refractivity contribution in [2.45, 2.75) is 38.5 Å². The number of piperidine rings is 3. The smallest absolute Gasteiger partial charge is 0.182 e. The molecule has 366 valence electrons. The maximum absolute atomic E-state index is 13.8. The number of nitrogens with zero attached hydrogens (tertiary/aromatic N) is 3. The number of nitrogens with one attached hydrogen (secondary N) is 3. The van der Waals surface area contributed by atoms with Crippen molar-refractivity contribution < 1.29 is 27.6 Å². The maximum Gasteiger partial charge on any atom is 0.182 e. The number of hydrogen-bond donors (Lipinski definition) is 3. The Morgan fingerprint density at radius 2 is 0.814 bits per heavy atom. The Bertz CT molecular complexity index is 2700. The van der Waals surface area contributed by atoms with E-state index < -0.39 is 17.5 Å². The van der Waals surface area contributed by atoms with Crippen molar-refractivity contribution in [1.29, 1.82) is 0 Å². The van der Waals surface area contributed by atoms with Crippen LogP contribution in [0.15, 0.2) is 144 Å². The van der Waals surface area contributed by atoms with Crippen molar-refractivity contribution in [2.24, 2.45) is 17.8 Å². The zero-order chi connectivity index (χ0) is 49.6. The number of likely N-dealkylation sites (tertiary alicyclic amines) is 3. The Kier molecular flexibility index (Phi) is 18.6. The van der Waals surface area contributed by atoms with Gasteiger partial charge >= 0.3 is 0 Å². The van der Waals surface area contributed by atoms with E-state index >= 15 is 0 Å². The quantitative estimate of drug-likeness (QED) is 0.0818. The number of rotatable bonds is 12. The van der Waals surface area contributed by atoms with Crippen molar-refractivity contribution in [3.8, 4) is 0 Å². The fourth-order valence-corrected chi connectivity index (χ4v) is 9.36. The molecule has 3 saturated heterocycles. The third kappa shape index (κ3) is 14.7. The Morgan fingerprint density at radius 3 is 1.24 bits per heavy atom. The van der Waals surface area contributed by atoms with Crippen LogP contribution in [0.1, 0.15) is 69.6 Å². The van der Waals surface area contributed by atoms with Crippen LogP contribution in [-0.2, 0) is 0 Å². The van der Waals surface area contributed by atoms with Crippen LogP contribution in [0.5, 0.6) is 0 Å². The topological polar surface area (TPSA) is 97.0 Å². The van der Waals surface area contributed by atoms with E-state index in [4.69, 9.17) is 0 Å².